The van der Waals surface area contributed by atoms with Crippen LogP contribution in [-0.4, -0.2) is 21.6 Å². The number of alkyl halides is 3. The summed E-state index contributed by atoms with van der Waals surface area (Å²) in [6, 6.07) is -0.698. The Morgan fingerprint density at radius 3 is 2.29 bits per heavy atom. The lowest BCUT2D eigenvalue weighted by Gasteiger charge is -2.15. The van der Waals surface area contributed by atoms with Crippen LogP contribution in [0.1, 0.15) is 39.9 Å². The number of hydrogen-bond donors (Lipinski definition) is 1. The first-order valence-corrected chi connectivity index (χ1v) is 6.03. The Hall–Kier alpha value is -0.850. The largest absolute Gasteiger partial charge is 0.391 e. The van der Waals surface area contributed by atoms with Crippen molar-refractivity contribution in [2.75, 3.05) is 5.32 Å². The molecular weight excluding hydrogens is 251 g/mol. The summed E-state index contributed by atoms with van der Waals surface area (Å²) in [5.74, 6) is 0.643. The zero-order valence-corrected chi connectivity index (χ0v) is 11.0. The molecule has 98 valence electrons. The summed E-state index contributed by atoms with van der Waals surface area (Å²) in [4.78, 5) is 4.18. The second kappa shape index (κ2) is 4.80. The van der Waals surface area contributed by atoms with Crippen LogP contribution >= 0.6 is 11.5 Å². The lowest BCUT2D eigenvalue weighted by molar-refractivity contribution is -0.136. The average molecular weight is 267 g/mol. The molecule has 0 saturated heterocycles. The number of rotatable bonds is 3. The van der Waals surface area contributed by atoms with Crippen molar-refractivity contribution in [3.05, 3.63) is 5.82 Å². The lowest BCUT2D eigenvalue weighted by Crippen LogP contribution is -2.24. The van der Waals surface area contributed by atoms with Gasteiger partial charge in [-0.1, -0.05) is 20.8 Å². The van der Waals surface area contributed by atoms with Crippen molar-refractivity contribution in [2.24, 2.45) is 0 Å². The fraction of sp³-hybridized carbons (Fsp3) is 0.800. The normalized spacial score (nSPS) is 14.8. The molecule has 0 saturated carbocycles. The molecule has 0 aliphatic heterocycles. The van der Waals surface area contributed by atoms with E-state index in [1.54, 1.807) is 0 Å². The maximum atomic E-state index is 12.1. The molecule has 0 radical (unpaired) electrons. The zero-order valence-electron chi connectivity index (χ0n) is 10.2. The minimum absolute atomic E-state index is 0.191. The Morgan fingerprint density at radius 2 is 1.88 bits per heavy atom. The second-order valence-corrected chi connectivity index (χ2v) is 5.79. The summed E-state index contributed by atoms with van der Waals surface area (Å²) in [5.41, 5.74) is -0.191. The molecule has 1 N–H and O–H groups in total. The van der Waals surface area contributed by atoms with Crippen LogP contribution in [0.5, 0.6) is 0 Å². The van der Waals surface area contributed by atoms with E-state index in [0.29, 0.717) is 11.0 Å². The number of aromatic nitrogens is 2. The summed E-state index contributed by atoms with van der Waals surface area (Å²) in [7, 11) is 0. The van der Waals surface area contributed by atoms with Crippen molar-refractivity contribution >= 4 is 16.7 Å². The van der Waals surface area contributed by atoms with Gasteiger partial charge in [-0.15, -0.1) is 0 Å². The molecule has 0 spiro atoms. The highest BCUT2D eigenvalue weighted by Gasteiger charge is 2.30. The minimum Gasteiger partial charge on any atom is -0.357 e. The molecular formula is C10H16F3N3S. The third-order valence-electron chi connectivity index (χ3n) is 2.00. The third kappa shape index (κ3) is 4.89. The smallest absolute Gasteiger partial charge is 0.357 e. The Bertz CT molecular complexity index is 368. The monoisotopic (exact) mass is 267 g/mol. The van der Waals surface area contributed by atoms with Crippen LogP contribution in [0.3, 0.4) is 0 Å². The number of nitrogens with one attached hydrogen (secondary N) is 1. The van der Waals surface area contributed by atoms with E-state index in [9.17, 15) is 13.2 Å². The predicted octanol–water partition coefficient (Wildman–Crippen LogP) is 3.59. The second-order valence-electron chi connectivity index (χ2n) is 5.04. The first-order chi connectivity index (χ1) is 7.58. The Balaban J connectivity index is 2.61. The zero-order chi connectivity index (χ0) is 13.3. The quantitative estimate of drug-likeness (QED) is 0.909. The molecule has 3 nitrogen and oxygen atoms in total. The lowest BCUT2D eigenvalue weighted by atomic mass is 9.96. The molecule has 7 heteroatoms. The fourth-order valence-corrected chi connectivity index (χ4v) is 2.06. The first-order valence-electron chi connectivity index (χ1n) is 5.25. The van der Waals surface area contributed by atoms with Gasteiger partial charge in [0, 0.05) is 23.0 Å². The number of hydrogen-bond acceptors (Lipinski definition) is 4. The molecule has 0 bridgehead atoms. The highest BCUT2D eigenvalue weighted by molar-refractivity contribution is 7.09. The van der Waals surface area contributed by atoms with E-state index in [4.69, 9.17) is 0 Å². The molecule has 0 fully saturated rings. The molecule has 1 aromatic rings. The third-order valence-corrected chi connectivity index (χ3v) is 2.65. The van der Waals surface area contributed by atoms with E-state index in [0.717, 1.165) is 11.5 Å². The summed E-state index contributed by atoms with van der Waals surface area (Å²) in [5, 5.41) is 3.15. The molecule has 0 aliphatic carbocycles. The minimum atomic E-state index is -4.16. The molecule has 17 heavy (non-hydrogen) atoms. The molecule has 1 heterocycles. The highest BCUT2D eigenvalue weighted by Crippen LogP contribution is 2.26. The van der Waals surface area contributed by atoms with Crippen LogP contribution in [0.25, 0.3) is 0 Å². The molecule has 1 rings (SSSR count). The Labute approximate surface area is 103 Å². The van der Waals surface area contributed by atoms with Gasteiger partial charge < -0.3 is 5.32 Å². The molecule has 1 unspecified atom stereocenters. The van der Waals surface area contributed by atoms with Crippen molar-refractivity contribution in [3.8, 4) is 0 Å². The van der Waals surface area contributed by atoms with Crippen molar-refractivity contribution in [3.63, 3.8) is 0 Å². The molecule has 0 aromatic carbocycles. The van der Waals surface area contributed by atoms with E-state index < -0.39 is 18.6 Å². The summed E-state index contributed by atoms with van der Waals surface area (Å²) in [6.07, 6.45) is -5.04. The van der Waals surface area contributed by atoms with Gasteiger partial charge in [-0.3, -0.25) is 0 Å². The van der Waals surface area contributed by atoms with Crippen molar-refractivity contribution < 1.29 is 13.2 Å². The summed E-state index contributed by atoms with van der Waals surface area (Å²) in [6.45, 7) is 7.35. The number of nitrogens with zero attached hydrogens (tertiary/aromatic N) is 2. The van der Waals surface area contributed by atoms with Gasteiger partial charge in [0.1, 0.15) is 5.82 Å². The average Bonchev–Trinajstić information content (AvgIpc) is 2.47. The molecule has 0 aliphatic rings. The van der Waals surface area contributed by atoms with Gasteiger partial charge in [0.25, 0.3) is 0 Å². The van der Waals surface area contributed by atoms with E-state index in [1.807, 2.05) is 20.8 Å². The predicted molar refractivity (Wildman–Crippen MR) is 62.4 cm³/mol. The Kier molecular flexibility index (Phi) is 4.01. The topological polar surface area (TPSA) is 37.8 Å². The highest BCUT2D eigenvalue weighted by atomic mass is 32.1. The molecule has 0 amide bonds. The van der Waals surface area contributed by atoms with Crippen LogP contribution < -0.4 is 5.32 Å². The van der Waals surface area contributed by atoms with Gasteiger partial charge in [-0.2, -0.15) is 17.5 Å². The number of anilines is 1. The van der Waals surface area contributed by atoms with Crippen molar-refractivity contribution in [2.45, 2.75) is 51.7 Å². The maximum Gasteiger partial charge on any atom is 0.391 e. The van der Waals surface area contributed by atoms with E-state index in [2.05, 4.69) is 14.7 Å². The van der Waals surface area contributed by atoms with Gasteiger partial charge in [0.2, 0.25) is 5.13 Å². The molecule has 1 atom stereocenters. The van der Waals surface area contributed by atoms with Crippen LogP contribution in [0.2, 0.25) is 0 Å². The van der Waals surface area contributed by atoms with Gasteiger partial charge in [0.15, 0.2) is 0 Å². The standard InChI is InChI=1S/C10H16F3N3S/c1-6(5-10(11,12)13)14-8-15-7(16-17-8)9(2,3)4/h6H,5H2,1-4H3,(H,14,15,16). The van der Waals surface area contributed by atoms with Gasteiger partial charge in [-0.25, -0.2) is 4.98 Å². The first kappa shape index (κ1) is 14.2. The fourth-order valence-electron chi connectivity index (χ4n) is 1.20. The van der Waals surface area contributed by atoms with Gasteiger partial charge >= 0.3 is 6.18 Å². The van der Waals surface area contributed by atoms with Crippen LogP contribution in [0.15, 0.2) is 0 Å². The van der Waals surface area contributed by atoms with E-state index >= 15 is 0 Å². The van der Waals surface area contributed by atoms with E-state index in [-0.39, 0.29) is 5.41 Å². The maximum absolute atomic E-state index is 12.1. The van der Waals surface area contributed by atoms with Crippen LogP contribution in [0.4, 0.5) is 18.3 Å². The van der Waals surface area contributed by atoms with Crippen LogP contribution in [0, 0.1) is 0 Å². The molecule has 1 aromatic heterocycles. The van der Waals surface area contributed by atoms with Gasteiger partial charge in [-0.05, 0) is 6.92 Å². The van der Waals surface area contributed by atoms with Crippen molar-refractivity contribution in [1.29, 1.82) is 0 Å². The van der Waals surface area contributed by atoms with Crippen LogP contribution in [-0.2, 0) is 5.41 Å². The van der Waals surface area contributed by atoms with E-state index in [1.165, 1.54) is 6.92 Å². The van der Waals surface area contributed by atoms with Crippen molar-refractivity contribution in [1.82, 2.24) is 9.36 Å². The Morgan fingerprint density at radius 1 is 1.29 bits per heavy atom. The number of halogens is 3. The summed E-state index contributed by atoms with van der Waals surface area (Å²) >= 11 is 1.09. The van der Waals surface area contributed by atoms with Gasteiger partial charge in [0.05, 0.1) is 6.42 Å². The summed E-state index contributed by atoms with van der Waals surface area (Å²) < 4.78 is 40.5. The SMILES string of the molecule is CC(CC(F)(F)F)Nc1nc(C(C)(C)C)ns1.